The number of hydrogen-bond acceptors (Lipinski definition) is 5. The van der Waals surface area contributed by atoms with Crippen LogP contribution in [0.15, 0.2) is 29.8 Å². The monoisotopic (exact) mass is 358 g/mol. The van der Waals surface area contributed by atoms with E-state index >= 15 is 0 Å². The fourth-order valence-corrected chi connectivity index (χ4v) is 4.64. The third kappa shape index (κ3) is 3.00. The van der Waals surface area contributed by atoms with Crippen molar-refractivity contribution in [3.05, 3.63) is 41.0 Å². The molecule has 0 unspecified atom stereocenters. The lowest BCUT2D eigenvalue weighted by molar-refractivity contribution is -0.151. The molecule has 5 nitrogen and oxygen atoms in total. The van der Waals surface area contributed by atoms with Gasteiger partial charge in [-0.05, 0) is 73.3 Å². The molecule has 0 saturated heterocycles. The zero-order chi connectivity index (χ0) is 18.9. The summed E-state index contributed by atoms with van der Waals surface area (Å²) in [7, 11) is 4.43. The van der Waals surface area contributed by atoms with E-state index in [9.17, 15) is 9.59 Å². The molecule has 0 N–H and O–H groups in total. The highest BCUT2D eigenvalue weighted by molar-refractivity contribution is 5.87. The van der Waals surface area contributed by atoms with E-state index in [-0.39, 0.29) is 11.9 Å². The second kappa shape index (κ2) is 7.14. The van der Waals surface area contributed by atoms with Crippen molar-refractivity contribution in [2.24, 2.45) is 11.3 Å². The van der Waals surface area contributed by atoms with E-state index in [4.69, 9.17) is 14.2 Å². The number of rotatable bonds is 3. The maximum absolute atomic E-state index is 12.5. The molecule has 0 bridgehead atoms. The van der Waals surface area contributed by atoms with E-state index in [0.29, 0.717) is 12.3 Å². The minimum atomic E-state index is -0.784. The Hall–Kier alpha value is -2.30. The summed E-state index contributed by atoms with van der Waals surface area (Å²) in [6, 6.07) is 6.21. The van der Waals surface area contributed by atoms with E-state index in [1.54, 1.807) is 7.11 Å². The van der Waals surface area contributed by atoms with Gasteiger partial charge in [0, 0.05) is 6.08 Å². The lowest BCUT2D eigenvalue weighted by Gasteiger charge is -2.46. The van der Waals surface area contributed by atoms with E-state index in [2.05, 4.69) is 12.1 Å². The zero-order valence-electron chi connectivity index (χ0n) is 15.8. The predicted molar refractivity (Wildman–Crippen MR) is 97.0 cm³/mol. The van der Waals surface area contributed by atoms with Gasteiger partial charge in [0.05, 0.1) is 26.7 Å². The third-order valence-electron chi connectivity index (χ3n) is 6.06. The zero-order valence-corrected chi connectivity index (χ0v) is 15.8. The van der Waals surface area contributed by atoms with Gasteiger partial charge in [0.2, 0.25) is 0 Å². The quantitative estimate of drug-likeness (QED) is 0.612. The number of methoxy groups -OCH3 is 3. The van der Waals surface area contributed by atoms with Gasteiger partial charge in [-0.2, -0.15) is 0 Å². The third-order valence-corrected chi connectivity index (χ3v) is 6.06. The van der Waals surface area contributed by atoms with Crippen LogP contribution >= 0.6 is 0 Å². The molecule has 1 fully saturated rings. The van der Waals surface area contributed by atoms with Gasteiger partial charge in [-0.3, -0.25) is 4.79 Å². The van der Waals surface area contributed by atoms with Crippen LogP contribution in [0.4, 0.5) is 0 Å². The maximum Gasteiger partial charge on any atom is 0.330 e. The van der Waals surface area contributed by atoms with Gasteiger partial charge < -0.3 is 14.2 Å². The normalized spacial score (nSPS) is 28.7. The number of fused-ring (bicyclic) bond motifs is 3. The molecular formula is C21H26O5. The Balaban J connectivity index is 2.04. The number of esters is 2. The van der Waals surface area contributed by atoms with Crippen LogP contribution in [0.1, 0.15) is 43.2 Å². The Labute approximate surface area is 154 Å². The molecule has 5 heteroatoms. The Morgan fingerprint density at radius 1 is 1.12 bits per heavy atom. The van der Waals surface area contributed by atoms with E-state index in [1.807, 2.05) is 13.0 Å². The molecule has 1 saturated carbocycles. The molecule has 0 heterocycles. The van der Waals surface area contributed by atoms with Crippen LogP contribution in [0.5, 0.6) is 5.75 Å². The maximum atomic E-state index is 12.5. The molecule has 1 aromatic rings. The van der Waals surface area contributed by atoms with Crippen LogP contribution in [0.2, 0.25) is 0 Å². The summed E-state index contributed by atoms with van der Waals surface area (Å²) in [6.07, 6.45) is 4.83. The molecular weight excluding hydrogens is 332 g/mol. The van der Waals surface area contributed by atoms with Gasteiger partial charge in [0.1, 0.15) is 5.75 Å². The highest BCUT2D eigenvalue weighted by atomic mass is 16.5. The Morgan fingerprint density at radius 2 is 1.88 bits per heavy atom. The first-order valence-corrected chi connectivity index (χ1v) is 9.00. The molecule has 1 aromatic carbocycles. The lowest BCUT2D eigenvalue weighted by Crippen LogP contribution is -2.42. The molecule has 26 heavy (non-hydrogen) atoms. The first-order valence-electron chi connectivity index (χ1n) is 9.00. The molecule has 0 aliphatic heterocycles. The molecule has 0 spiro atoms. The van der Waals surface area contributed by atoms with Crippen molar-refractivity contribution in [1.82, 2.24) is 0 Å². The standard InChI is InChI=1S/C21H26O5/c1-21(20(23)26-4)10-9-16-15-8-6-14(24-2)11-13(15)5-7-17(16)18(21)12-19(22)25-3/h6,8,11-12,16-17H,5,7,9-10H2,1-4H3/b18-12+/t16-,17+,21-/m0/s1. The molecule has 140 valence electrons. The van der Waals surface area contributed by atoms with E-state index in [0.717, 1.165) is 30.6 Å². The van der Waals surface area contributed by atoms with Crippen LogP contribution in [0, 0.1) is 11.3 Å². The first kappa shape index (κ1) is 18.5. The fraction of sp³-hybridized carbons (Fsp3) is 0.524. The van der Waals surface area contributed by atoms with Crippen molar-refractivity contribution >= 4 is 11.9 Å². The van der Waals surface area contributed by atoms with Crippen LogP contribution in [0.25, 0.3) is 0 Å². The van der Waals surface area contributed by atoms with E-state index in [1.165, 1.54) is 31.4 Å². The summed E-state index contributed by atoms with van der Waals surface area (Å²) >= 11 is 0. The average molecular weight is 358 g/mol. The van der Waals surface area contributed by atoms with Crippen molar-refractivity contribution in [1.29, 1.82) is 0 Å². The summed E-state index contributed by atoms with van der Waals surface area (Å²) in [4.78, 5) is 24.6. The first-order chi connectivity index (χ1) is 12.4. The van der Waals surface area contributed by atoms with Crippen molar-refractivity contribution in [2.75, 3.05) is 21.3 Å². The van der Waals surface area contributed by atoms with Crippen LogP contribution in [0.3, 0.4) is 0 Å². The Bertz CT molecular complexity index is 751. The topological polar surface area (TPSA) is 61.8 Å². The molecule has 3 atom stereocenters. The Kier molecular flexibility index (Phi) is 5.08. The van der Waals surface area contributed by atoms with Gasteiger partial charge in [-0.15, -0.1) is 0 Å². The van der Waals surface area contributed by atoms with Crippen LogP contribution < -0.4 is 4.74 Å². The number of aryl methyl sites for hydroxylation is 1. The van der Waals surface area contributed by atoms with Crippen molar-refractivity contribution in [3.8, 4) is 5.75 Å². The highest BCUT2D eigenvalue weighted by Gasteiger charge is 2.49. The second-order valence-corrected chi connectivity index (χ2v) is 7.30. The predicted octanol–water partition coefficient (Wildman–Crippen LogP) is 3.41. The number of ether oxygens (including phenoxy) is 3. The fourth-order valence-electron chi connectivity index (χ4n) is 4.64. The molecule has 2 aliphatic carbocycles. The van der Waals surface area contributed by atoms with Gasteiger partial charge in [-0.25, -0.2) is 4.79 Å². The minimum absolute atomic E-state index is 0.132. The molecule has 0 aromatic heterocycles. The molecule has 2 aliphatic rings. The molecule has 0 radical (unpaired) electrons. The van der Waals surface area contributed by atoms with Crippen molar-refractivity contribution in [3.63, 3.8) is 0 Å². The van der Waals surface area contributed by atoms with Crippen molar-refractivity contribution in [2.45, 2.75) is 38.5 Å². The molecule has 3 rings (SSSR count). The second-order valence-electron chi connectivity index (χ2n) is 7.30. The number of benzene rings is 1. The van der Waals surface area contributed by atoms with Crippen molar-refractivity contribution < 1.29 is 23.8 Å². The largest absolute Gasteiger partial charge is 0.497 e. The van der Waals surface area contributed by atoms with Gasteiger partial charge in [-0.1, -0.05) is 6.07 Å². The summed E-state index contributed by atoms with van der Waals surface area (Å²) in [5, 5.41) is 0. The summed E-state index contributed by atoms with van der Waals surface area (Å²) in [5.74, 6) is 0.580. The average Bonchev–Trinajstić information content (AvgIpc) is 2.68. The number of carbonyl (C=O) groups excluding carboxylic acids is 2. The van der Waals surface area contributed by atoms with Crippen LogP contribution in [-0.2, 0) is 25.5 Å². The highest BCUT2D eigenvalue weighted by Crippen LogP contribution is 2.55. The summed E-state index contributed by atoms with van der Waals surface area (Å²) in [5.41, 5.74) is 2.65. The van der Waals surface area contributed by atoms with Gasteiger partial charge in [0.25, 0.3) is 0 Å². The van der Waals surface area contributed by atoms with Gasteiger partial charge >= 0.3 is 11.9 Å². The smallest absolute Gasteiger partial charge is 0.330 e. The van der Waals surface area contributed by atoms with Gasteiger partial charge in [0.15, 0.2) is 0 Å². The Morgan fingerprint density at radius 3 is 2.54 bits per heavy atom. The van der Waals surface area contributed by atoms with E-state index < -0.39 is 11.4 Å². The lowest BCUT2D eigenvalue weighted by atomic mass is 9.57. The minimum Gasteiger partial charge on any atom is -0.497 e. The summed E-state index contributed by atoms with van der Waals surface area (Å²) in [6.45, 7) is 1.88. The number of hydrogen-bond donors (Lipinski definition) is 0. The van der Waals surface area contributed by atoms with Crippen LogP contribution in [-0.4, -0.2) is 33.3 Å². The SMILES string of the molecule is COC(=O)/C=C1\[C@@H]2CCc3cc(OC)ccc3[C@@H]2CC[C@]1(C)C(=O)OC. The summed E-state index contributed by atoms with van der Waals surface area (Å²) < 4.78 is 15.3. The number of carbonyl (C=O) groups is 2. The molecule has 0 amide bonds.